The van der Waals surface area contributed by atoms with Crippen LogP contribution in [0.25, 0.3) is 0 Å². The standard InChI is InChI=1S/C21H23ClN2O4S2/c1-14-15(2)24(10-6-11-28-3)20(23-21(25)18-9-5-12-29-18)19(14)30(26,27)17-8-4-7-16(22)13-17/h4-5,7-9,12-13H,6,10-11H2,1-3H3,(H,23,25). The minimum Gasteiger partial charge on any atom is -0.385 e. The first-order valence-corrected chi connectivity index (χ1v) is 12.1. The van der Waals surface area contributed by atoms with E-state index in [1.807, 2.05) is 11.5 Å². The molecule has 0 spiro atoms. The number of methoxy groups -OCH3 is 1. The lowest BCUT2D eigenvalue weighted by atomic mass is 10.3. The van der Waals surface area contributed by atoms with Crippen molar-refractivity contribution in [2.24, 2.45) is 0 Å². The summed E-state index contributed by atoms with van der Waals surface area (Å²) in [4.78, 5) is 13.5. The van der Waals surface area contributed by atoms with Crippen LogP contribution >= 0.6 is 22.9 Å². The topological polar surface area (TPSA) is 77.4 Å². The van der Waals surface area contributed by atoms with Crippen molar-refractivity contribution < 1.29 is 17.9 Å². The molecule has 0 aliphatic heterocycles. The van der Waals surface area contributed by atoms with Crippen molar-refractivity contribution in [1.82, 2.24) is 4.57 Å². The molecule has 0 saturated carbocycles. The molecule has 0 aliphatic rings. The molecule has 30 heavy (non-hydrogen) atoms. The van der Waals surface area contributed by atoms with Gasteiger partial charge in [-0.15, -0.1) is 11.3 Å². The van der Waals surface area contributed by atoms with Crippen LogP contribution in [0.1, 0.15) is 27.3 Å². The zero-order valence-corrected chi connectivity index (χ0v) is 19.3. The molecule has 2 aromatic heterocycles. The Morgan fingerprint density at radius 3 is 2.63 bits per heavy atom. The number of carbonyl (C=O) groups is 1. The van der Waals surface area contributed by atoms with Gasteiger partial charge in [0.05, 0.1) is 9.77 Å². The number of rotatable bonds is 8. The molecule has 1 N–H and O–H groups in total. The van der Waals surface area contributed by atoms with E-state index in [2.05, 4.69) is 5.32 Å². The first kappa shape index (κ1) is 22.6. The van der Waals surface area contributed by atoms with Crippen LogP contribution in [0.5, 0.6) is 0 Å². The molecule has 0 radical (unpaired) electrons. The van der Waals surface area contributed by atoms with Crippen molar-refractivity contribution in [3.8, 4) is 0 Å². The first-order chi connectivity index (χ1) is 14.3. The number of aromatic nitrogens is 1. The Morgan fingerprint density at radius 2 is 2.00 bits per heavy atom. The largest absolute Gasteiger partial charge is 0.385 e. The van der Waals surface area contributed by atoms with Crippen LogP contribution in [0.2, 0.25) is 5.02 Å². The maximum Gasteiger partial charge on any atom is 0.266 e. The summed E-state index contributed by atoms with van der Waals surface area (Å²) < 4.78 is 34.1. The van der Waals surface area contributed by atoms with E-state index in [4.69, 9.17) is 16.3 Å². The zero-order chi connectivity index (χ0) is 21.9. The number of nitrogens with one attached hydrogen (secondary N) is 1. The van der Waals surface area contributed by atoms with Gasteiger partial charge in [0.2, 0.25) is 9.84 Å². The summed E-state index contributed by atoms with van der Waals surface area (Å²) in [5.74, 6) is -0.0856. The number of nitrogens with zero attached hydrogens (tertiary/aromatic N) is 1. The van der Waals surface area contributed by atoms with E-state index in [-0.39, 0.29) is 21.5 Å². The number of halogens is 1. The van der Waals surface area contributed by atoms with Gasteiger partial charge in [-0.2, -0.15) is 0 Å². The predicted octanol–water partition coefficient (Wildman–Crippen LogP) is 4.94. The summed E-state index contributed by atoms with van der Waals surface area (Å²) in [7, 11) is -2.30. The highest BCUT2D eigenvalue weighted by molar-refractivity contribution is 7.91. The molecule has 1 aromatic carbocycles. The average Bonchev–Trinajstić information content (AvgIpc) is 3.32. The van der Waals surface area contributed by atoms with Crippen LogP contribution in [0, 0.1) is 13.8 Å². The number of thiophene rings is 1. The van der Waals surface area contributed by atoms with Crippen molar-refractivity contribution >= 4 is 44.5 Å². The van der Waals surface area contributed by atoms with Crippen LogP contribution in [-0.4, -0.2) is 32.6 Å². The van der Waals surface area contributed by atoms with E-state index in [1.54, 1.807) is 43.7 Å². The molecular formula is C21H23ClN2O4S2. The van der Waals surface area contributed by atoms with Crippen molar-refractivity contribution in [1.29, 1.82) is 0 Å². The third-order valence-corrected chi connectivity index (χ3v) is 7.87. The molecular weight excluding hydrogens is 444 g/mol. The van der Waals surface area contributed by atoms with Gasteiger partial charge in [0.25, 0.3) is 5.91 Å². The fourth-order valence-corrected chi connectivity index (χ4v) is 5.88. The van der Waals surface area contributed by atoms with E-state index in [1.165, 1.54) is 23.5 Å². The predicted molar refractivity (Wildman–Crippen MR) is 120 cm³/mol. The van der Waals surface area contributed by atoms with Crippen molar-refractivity contribution in [2.45, 2.75) is 36.6 Å². The van der Waals surface area contributed by atoms with Gasteiger partial charge in [-0.05, 0) is 55.5 Å². The van der Waals surface area contributed by atoms with Gasteiger partial charge in [0, 0.05) is 31.0 Å². The molecule has 0 fully saturated rings. The van der Waals surface area contributed by atoms with Crippen LogP contribution in [-0.2, 0) is 21.1 Å². The molecule has 160 valence electrons. The SMILES string of the molecule is COCCCn1c(C)c(C)c(S(=O)(=O)c2cccc(Cl)c2)c1NC(=O)c1cccs1. The van der Waals surface area contributed by atoms with Gasteiger partial charge in [0.15, 0.2) is 0 Å². The summed E-state index contributed by atoms with van der Waals surface area (Å²) in [6.07, 6.45) is 0.671. The van der Waals surface area contributed by atoms with Crippen molar-refractivity contribution in [3.05, 3.63) is 62.9 Å². The highest BCUT2D eigenvalue weighted by Crippen LogP contribution is 2.36. The fourth-order valence-electron chi connectivity index (χ4n) is 3.26. The second-order valence-corrected chi connectivity index (χ2v) is 10.0. The molecule has 1 amide bonds. The number of sulfone groups is 1. The highest BCUT2D eigenvalue weighted by Gasteiger charge is 2.31. The molecule has 0 aliphatic carbocycles. The van der Waals surface area contributed by atoms with Crippen LogP contribution < -0.4 is 5.32 Å². The molecule has 6 nitrogen and oxygen atoms in total. The smallest absolute Gasteiger partial charge is 0.266 e. The Morgan fingerprint density at radius 1 is 1.23 bits per heavy atom. The maximum absolute atomic E-state index is 13.5. The Balaban J connectivity index is 2.15. The Labute approximate surface area is 185 Å². The highest BCUT2D eigenvalue weighted by atomic mass is 35.5. The van der Waals surface area contributed by atoms with Gasteiger partial charge in [0.1, 0.15) is 10.7 Å². The molecule has 0 saturated heterocycles. The van der Waals surface area contributed by atoms with Gasteiger partial charge in [-0.1, -0.05) is 23.7 Å². The molecule has 0 atom stereocenters. The van der Waals surface area contributed by atoms with E-state index in [0.717, 1.165) is 5.69 Å². The Kier molecular flexibility index (Phi) is 7.02. The molecule has 0 unspecified atom stereocenters. The lowest BCUT2D eigenvalue weighted by molar-refractivity contribution is 0.102. The van der Waals surface area contributed by atoms with Crippen molar-refractivity contribution in [2.75, 3.05) is 19.0 Å². The normalized spacial score (nSPS) is 11.6. The maximum atomic E-state index is 13.5. The lowest BCUT2D eigenvalue weighted by Gasteiger charge is -2.14. The van der Waals surface area contributed by atoms with Gasteiger partial charge in [-0.25, -0.2) is 8.42 Å². The van der Waals surface area contributed by atoms with E-state index >= 15 is 0 Å². The minimum atomic E-state index is -3.92. The summed E-state index contributed by atoms with van der Waals surface area (Å²) in [6, 6.07) is 9.60. The number of anilines is 1. The van der Waals surface area contributed by atoms with Gasteiger partial charge in [-0.3, -0.25) is 4.79 Å². The number of amides is 1. The third-order valence-electron chi connectivity index (χ3n) is 4.86. The molecule has 0 bridgehead atoms. The summed E-state index contributed by atoms with van der Waals surface area (Å²) in [5, 5.41) is 4.97. The number of benzene rings is 1. The minimum absolute atomic E-state index is 0.0822. The second kappa shape index (κ2) is 9.34. The molecule has 3 rings (SSSR count). The zero-order valence-electron chi connectivity index (χ0n) is 16.9. The number of hydrogen-bond donors (Lipinski definition) is 1. The van der Waals surface area contributed by atoms with Gasteiger partial charge < -0.3 is 14.6 Å². The molecule has 3 aromatic rings. The van der Waals surface area contributed by atoms with E-state index < -0.39 is 9.84 Å². The number of hydrogen-bond acceptors (Lipinski definition) is 5. The third kappa shape index (κ3) is 4.46. The number of ether oxygens (including phenoxy) is 1. The Hall–Kier alpha value is -2.13. The molecule has 9 heteroatoms. The molecule has 2 heterocycles. The quantitative estimate of drug-likeness (QED) is 0.477. The second-order valence-electron chi connectivity index (χ2n) is 6.78. The average molecular weight is 467 g/mol. The summed E-state index contributed by atoms with van der Waals surface area (Å²) in [6.45, 7) is 4.62. The van der Waals surface area contributed by atoms with Crippen molar-refractivity contribution in [3.63, 3.8) is 0 Å². The van der Waals surface area contributed by atoms with Crippen LogP contribution in [0.15, 0.2) is 51.6 Å². The Bertz CT molecular complexity index is 1150. The lowest BCUT2D eigenvalue weighted by Crippen LogP contribution is -2.17. The first-order valence-electron chi connectivity index (χ1n) is 9.31. The van der Waals surface area contributed by atoms with Crippen LogP contribution in [0.4, 0.5) is 5.82 Å². The van der Waals surface area contributed by atoms with Gasteiger partial charge >= 0.3 is 0 Å². The van der Waals surface area contributed by atoms with E-state index in [9.17, 15) is 13.2 Å². The summed E-state index contributed by atoms with van der Waals surface area (Å²) >= 11 is 7.33. The fraction of sp³-hybridized carbons (Fsp3) is 0.286. The number of carbonyl (C=O) groups excluding carboxylic acids is 1. The summed E-state index contributed by atoms with van der Waals surface area (Å²) in [5.41, 5.74) is 1.36. The van der Waals surface area contributed by atoms with Crippen LogP contribution in [0.3, 0.4) is 0 Å². The van der Waals surface area contributed by atoms with E-state index in [0.29, 0.717) is 35.0 Å². The monoisotopic (exact) mass is 466 g/mol.